The Morgan fingerprint density at radius 2 is 2.00 bits per heavy atom. The van der Waals surface area contributed by atoms with E-state index in [0.29, 0.717) is 13.0 Å². The van der Waals surface area contributed by atoms with Crippen molar-refractivity contribution >= 4 is 17.7 Å². The van der Waals surface area contributed by atoms with E-state index in [1.165, 1.54) is 0 Å². The molecule has 0 aliphatic heterocycles. The minimum absolute atomic E-state index is 0.126. The van der Waals surface area contributed by atoms with Crippen molar-refractivity contribution in [3.05, 3.63) is 0 Å². The van der Waals surface area contributed by atoms with Gasteiger partial charge in [-0.2, -0.15) is 11.8 Å². The molecule has 0 radical (unpaired) electrons. The first kappa shape index (κ1) is 16.7. The van der Waals surface area contributed by atoms with Gasteiger partial charge in [0.25, 0.3) is 0 Å². The van der Waals surface area contributed by atoms with Gasteiger partial charge in [0.2, 0.25) is 0 Å². The largest absolute Gasteiger partial charge is 0.480 e. The molecule has 0 spiro atoms. The third-order valence-corrected chi connectivity index (χ3v) is 3.90. The van der Waals surface area contributed by atoms with Crippen LogP contribution in [0.3, 0.4) is 0 Å². The van der Waals surface area contributed by atoms with Crippen LogP contribution in [0.2, 0.25) is 0 Å². The number of carboxylic acids is 1. The molecule has 4 nitrogen and oxygen atoms in total. The quantitative estimate of drug-likeness (QED) is 0.591. The first-order chi connectivity index (χ1) is 7.85. The van der Waals surface area contributed by atoms with Gasteiger partial charge in [-0.1, -0.05) is 20.8 Å². The highest BCUT2D eigenvalue weighted by Gasteiger charge is 2.34. The average Bonchev–Trinajstić information content (AvgIpc) is 2.25. The minimum Gasteiger partial charge on any atom is -0.480 e. The summed E-state index contributed by atoms with van der Waals surface area (Å²) in [7, 11) is 0. The topological polar surface area (TPSA) is 69.6 Å². The van der Waals surface area contributed by atoms with Crippen LogP contribution in [-0.2, 0) is 4.79 Å². The van der Waals surface area contributed by atoms with Crippen LogP contribution in [-0.4, -0.2) is 45.4 Å². The summed E-state index contributed by atoms with van der Waals surface area (Å²) in [5.74, 6) is -0.810. The van der Waals surface area contributed by atoms with Crippen LogP contribution >= 0.6 is 11.8 Å². The molecule has 3 unspecified atom stereocenters. The molecule has 0 amide bonds. The maximum absolute atomic E-state index is 11.3. The molecule has 5 heteroatoms. The van der Waals surface area contributed by atoms with Gasteiger partial charge in [-0.3, -0.25) is 4.79 Å². The van der Waals surface area contributed by atoms with Crippen molar-refractivity contribution in [2.24, 2.45) is 0 Å². The minimum atomic E-state index is -0.877. The number of thioether (sulfide) groups is 1. The van der Waals surface area contributed by atoms with Gasteiger partial charge in [0.1, 0.15) is 5.54 Å². The molecule has 3 atom stereocenters. The van der Waals surface area contributed by atoms with Crippen LogP contribution in [0.25, 0.3) is 0 Å². The number of aliphatic hydroxyl groups excluding tert-OH is 1. The number of hydrogen-bond donors (Lipinski definition) is 3. The van der Waals surface area contributed by atoms with Crippen LogP contribution < -0.4 is 5.32 Å². The monoisotopic (exact) mass is 263 g/mol. The number of aliphatic hydroxyl groups is 1. The van der Waals surface area contributed by atoms with Crippen LogP contribution in [0.15, 0.2) is 0 Å². The van der Waals surface area contributed by atoms with E-state index in [9.17, 15) is 9.90 Å². The molecule has 0 bridgehead atoms. The Hall–Kier alpha value is -0.260. The van der Waals surface area contributed by atoms with Gasteiger partial charge in [0.15, 0.2) is 0 Å². The molecule has 0 aromatic heterocycles. The molecule has 102 valence electrons. The average molecular weight is 263 g/mol. The predicted octanol–water partition coefficient (Wildman–Crippen LogP) is 1.72. The molecule has 0 aromatic rings. The number of aliphatic carboxylic acids is 1. The van der Waals surface area contributed by atoms with Crippen LogP contribution in [0.5, 0.6) is 0 Å². The van der Waals surface area contributed by atoms with Gasteiger partial charge in [-0.25, -0.2) is 0 Å². The highest BCUT2D eigenvalue weighted by Crippen LogP contribution is 2.25. The van der Waals surface area contributed by atoms with Gasteiger partial charge < -0.3 is 15.5 Å². The van der Waals surface area contributed by atoms with E-state index in [1.807, 2.05) is 20.8 Å². The SMILES string of the molecule is CCCNC(C)(CC(C)SC(C)CO)C(=O)O. The zero-order valence-electron chi connectivity index (χ0n) is 11.2. The van der Waals surface area contributed by atoms with Gasteiger partial charge in [-0.15, -0.1) is 0 Å². The summed E-state index contributed by atoms with van der Waals surface area (Å²) in [6, 6.07) is 0. The number of nitrogens with one attached hydrogen (secondary N) is 1. The van der Waals surface area contributed by atoms with Gasteiger partial charge in [0.05, 0.1) is 6.61 Å². The Kier molecular flexibility index (Phi) is 7.83. The van der Waals surface area contributed by atoms with Crippen LogP contribution in [0, 0.1) is 0 Å². The standard InChI is InChI=1S/C12H25NO3S/c1-5-6-13-12(4,11(15)16)7-9(2)17-10(3)8-14/h9-10,13-14H,5-8H2,1-4H3,(H,15,16). The lowest BCUT2D eigenvalue weighted by molar-refractivity contribution is -0.144. The van der Waals surface area contributed by atoms with Crippen molar-refractivity contribution in [3.63, 3.8) is 0 Å². The van der Waals surface area contributed by atoms with Gasteiger partial charge in [-0.05, 0) is 26.3 Å². The van der Waals surface area contributed by atoms with E-state index in [1.54, 1.807) is 18.7 Å². The first-order valence-corrected chi connectivity index (χ1v) is 7.04. The second kappa shape index (κ2) is 7.95. The summed E-state index contributed by atoms with van der Waals surface area (Å²) >= 11 is 1.62. The Bertz CT molecular complexity index is 238. The zero-order chi connectivity index (χ0) is 13.5. The van der Waals surface area contributed by atoms with E-state index in [2.05, 4.69) is 5.32 Å². The number of carboxylic acid groups (broad SMARTS) is 1. The Balaban J connectivity index is 4.37. The lowest BCUT2D eigenvalue weighted by Gasteiger charge is -2.29. The van der Waals surface area contributed by atoms with E-state index in [-0.39, 0.29) is 17.1 Å². The molecule has 3 N–H and O–H groups in total. The molecule has 0 saturated carbocycles. The number of carbonyl (C=O) groups is 1. The molecule has 0 aliphatic rings. The second-order valence-corrected chi connectivity index (χ2v) is 6.59. The molecule has 17 heavy (non-hydrogen) atoms. The third kappa shape index (κ3) is 6.29. The highest BCUT2D eigenvalue weighted by molar-refractivity contribution is 8.00. The summed E-state index contributed by atoms with van der Waals surface area (Å²) < 4.78 is 0. The smallest absolute Gasteiger partial charge is 0.323 e. The van der Waals surface area contributed by atoms with E-state index in [4.69, 9.17) is 5.11 Å². The lowest BCUT2D eigenvalue weighted by atomic mass is 9.96. The highest BCUT2D eigenvalue weighted by atomic mass is 32.2. The van der Waals surface area contributed by atoms with Crippen molar-refractivity contribution in [3.8, 4) is 0 Å². The molecule has 0 aromatic carbocycles. The summed E-state index contributed by atoms with van der Waals surface area (Å²) in [5.41, 5.74) is -0.877. The third-order valence-electron chi connectivity index (χ3n) is 2.65. The predicted molar refractivity (Wildman–Crippen MR) is 72.6 cm³/mol. The summed E-state index contributed by atoms with van der Waals surface area (Å²) in [5, 5.41) is 21.7. The zero-order valence-corrected chi connectivity index (χ0v) is 12.0. The molecular weight excluding hydrogens is 238 g/mol. The summed E-state index contributed by atoms with van der Waals surface area (Å²) in [4.78, 5) is 11.3. The fourth-order valence-corrected chi connectivity index (χ4v) is 3.01. The van der Waals surface area contributed by atoms with E-state index >= 15 is 0 Å². The maximum atomic E-state index is 11.3. The number of hydrogen-bond acceptors (Lipinski definition) is 4. The lowest BCUT2D eigenvalue weighted by Crippen LogP contribution is -2.51. The van der Waals surface area contributed by atoms with E-state index < -0.39 is 11.5 Å². The fraction of sp³-hybridized carbons (Fsp3) is 0.917. The summed E-state index contributed by atoms with van der Waals surface area (Å²) in [6.07, 6.45) is 1.47. The Morgan fingerprint density at radius 3 is 2.41 bits per heavy atom. The molecule has 0 heterocycles. The normalized spacial score (nSPS) is 18.4. The van der Waals surface area contributed by atoms with Crippen molar-refractivity contribution in [2.75, 3.05) is 13.2 Å². The van der Waals surface area contributed by atoms with Crippen LogP contribution in [0.4, 0.5) is 0 Å². The molecule has 0 aliphatic carbocycles. The van der Waals surface area contributed by atoms with Crippen LogP contribution in [0.1, 0.15) is 40.5 Å². The maximum Gasteiger partial charge on any atom is 0.323 e. The Morgan fingerprint density at radius 1 is 1.41 bits per heavy atom. The number of rotatable bonds is 9. The first-order valence-electron chi connectivity index (χ1n) is 6.10. The van der Waals surface area contributed by atoms with Crippen molar-refractivity contribution in [1.82, 2.24) is 5.32 Å². The molecule has 0 rings (SSSR count). The Labute approximate surface area is 108 Å². The van der Waals surface area contributed by atoms with Gasteiger partial charge in [0, 0.05) is 10.5 Å². The van der Waals surface area contributed by atoms with Gasteiger partial charge >= 0.3 is 5.97 Å². The van der Waals surface area contributed by atoms with E-state index in [0.717, 1.165) is 6.42 Å². The molecule has 0 saturated heterocycles. The summed E-state index contributed by atoms with van der Waals surface area (Å²) in [6.45, 7) is 8.52. The van der Waals surface area contributed by atoms with Crippen molar-refractivity contribution in [1.29, 1.82) is 0 Å². The second-order valence-electron chi connectivity index (χ2n) is 4.71. The van der Waals surface area contributed by atoms with Crippen molar-refractivity contribution < 1.29 is 15.0 Å². The molecule has 0 fully saturated rings. The molecular formula is C12H25NO3S. The van der Waals surface area contributed by atoms with Crippen molar-refractivity contribution in [2.45, 2.75) is 56.6 Å². The fourth-order valence-electron chi connectivity index (χ4n) is 1.70.